The van der Waals surface area contributed by atoms with Gasteiger partial charge in [-0.1, -0.05) is 42.1 Å². The van der Waals surface area contributed by atoms with Crippen molar-refractivity contribution in [3.8, 4) is 17.2 Å². The largest absolute Gasteiger partial charge is 0.493 e. The molecule has 0 saturated heterocycles. The van der Waals surface area contributed by atoms with Gasteiger partial charge < -0.3 is 19.9 Å². The lowest BCUT2D eigenvalue weighted by atomic mass is 9.93. The third-order valence-corrected chi connectivity index (χ3v) is 7.64. The minimum Gasteiger partial charge on any atom is -0.493 e. The van der Waals surface area contributed by atoms with E-state index in [2.05, 4.69) is 11.4 Å². The summed E-state index contributed by atoms with van der Waals surface area (Å²) >= 11 is 12.6. The number of nitrogens with one attached hydrogen (secondary N) is 1. The summed E-state index contributed by atoms with van der Waals surface area (Å²) in [4.78, 5) is 24.2. The molecule has 0 radical (unpaired) electrons. The van der Waals surface area contributed by atoms with E-state index in [1.807, 2.05) is 12.1 Å². The van der Waals surface area contributed by atoms with Crippen molar-refractivity contribution < 1.29 is 24.2 Å². The summed E-state index contributed by atoms with van der Waals surface area (Å²) in [6, 6.07) is 16.0. The number of carboxylic acids is 1. The number of aryl methyl sites for hydroxylation is 1. The van der Waals surface area contributed by atoms with E-state index < -0.39 is 11.9 Å². The van der Waals surface area contributed by atoms with Crippen LogP contribution in [0.15, 0.2) is 54.6 Å². The first kappa shape index (κ1) is 26.4. The van der Waals surface area contributed by atoms with E-state index in [0.29, 0.717) is 53.0 Å². The predicted molar refractivity (Wildman–Crippen MR) is 147 cm³/mol. The molecular weight excluding hydrogens is 525 g/mol. The number of aliphatic carboxylic acids is 1. The highest BCUT2D eigenvalue weighted by Gasteiger charge is 2.29. The molecule has 6 nitrogen and oxygen atoms in total. The van der Waals surface area contributed by atoms with E-state index >= 15 is 0 Å². The van der Waals surface area contributed by atoms with Crippen LogP contribution in [0.2, 0.25) is 10.0 Å². The van der Waals surface area contributed by atoms with E-state index in [1.165, 1.54) is 30.4 Å². The van der Waals surface area contributed by atoms with Gasteiger partial charge in [0.2, 0.25) is 0 Å². The summed E-state index contributed by atoms with van der Waals surface area (Å²) in [6.45, 7) is 0.839. The average Bonchev–Trinajstić information content (AvgIpc) is 3.73. The quantitative estimate of drug-likeness (QED) is 0.281. The van der Waals surface area contributed by atoms with Crippen molar-refractivity contribution in [3.05, 3.63) is 86.9 Å². The molecule has 198 valence electrons. The normalized spacial score (nSPS) is 16.3. The highest BCUT2D eigenvalue weighted by Crippen LogP contribution is 2.42. The molecule has 3 aromatic carbocycles. The van der Waals surface area contributed by atoms with Crippen molar-refractivity contribution in [2.75, 3.05) is 13.2 Å². The number of hydrogen-bond acceptors (Lipinski definition) is 4. The Morgan fingerprint density at radius 1 is 0.974 bits per heavy atom. The lowest BCUT2D eigenvalue weighted by molar-refractivity contribution is -0.139. The summed E-state index contributed by atoms with van der Waals surface area (Å²) in [6.07, 6.45) is 6.02. The standard InChI is InChI=1S/C30H29Cl2NO5/c31-22-8-5-19(21(15-22)4-3-18-1-2-18)11-13-33-29(34)20-6-9-23(10-7-20)38-28-17-27-25(16-26(28)32)24(30(35)36)12-14-37-27/h5-10,15-18,24H,1-4,11-14H2,(H,33,34)(H,35,36). The van der Waals surface area contributed by atoms with Crippen LogP contribution in [0.5, 0.6) is 17.2 Å². The Bertz CT molecular complexity index is 1340. The van der Waals surface area contributed by atoms with Crippen LogP contribution in [0.3, 0.4) is 0 Å². The number of carbonyl (C=O) groups is 2. The van der Waals surface area contributed by atoms with Crippen molar-refractivity contribution in [1.29, 1.82) is 0 Å². The van der Waals surface area contributed by atoms with Gasteiger partial charge in [0, 0.05) is 28.8 Å². The Hall–Kier alpha value is -3.22. The van der Waals surface area contributed by atoms with Gasteiger partial charge in [-0.05, 0) is 85.2 Å². The number of hydrogen-bond donors (Lipinski definition) is 2. The fourth-order valence-electron chi connectivity index (χ4n) is 4.78. The Morgan fingerprint density at radius 2 is 1.76 bits per heavy atom. The first-order valence-corrected chi connectivity index (χ1v) is 13.7. The summed E-state index contributed by atoms with van der Waals surface area (Å²) in [7, 11) is 0. The molecule has 0 bridgehead atoms. The second-order valence-corrected chi connectivity index (χ2v) is 10.7. The maximum Gasteiger partial charge on any atom is 0.311 e. The van der Waals surface area contributed by atoms with E-state index in [9.17, 15) is 14.7 Å². The monoisotopic (exact) mass is 553 g/mol. The molecule has 1 unspecified atom stereocenters. The highest BCUT2D eigenvalue weighted by atomic mass is 35.5. The van der Waals surface area contributed by atoms with Gasteiger partial charge in [-0.25, -0.2) is 0 Å². The second kappa shape index (κ2) is 11.7. The van der Waals surface area contributed by atoms with E-state index in [0.717, 1.165) is 23.8 Å². The van der Waals surface area contributed by atoms with Crippen molar-refractivity contribution >= 4 is 35.1 Å². The summed E-state index contributed by atoms with van der Waals surface area (Å²) < 4.78 is 11.5. The molecule has 1 fully saturated rings. The Kier molecular flexibility index (Phi) is 8.10. The van der Waals surface area contributed by atoms with Gasteiger partial charge in [0.05, 0.1) is 17.5 Å². The van der Waals surface area contributed by atoms with Crippen molar-refractivity contribution in [2.24, 2.45) is 5.92 Å². The molecule has 2 aliphatic rings. The maximum atomic E-state index is 12.7. The van der Waals surface area contributed by atoms with E-state index in [-0.39, 0.29) is 5.91 Å². The Balaban J connectivity index is 1.17. The van der Waals surface area contributed by atoms with E-state index in [1.54, 1.807) is 36.4 Å². The molecular formula is C30H29Cl2NO5. The number of carbonyl (C=O) groups excluding carboxylic acids is 1. The molecule has 3 aromatic rings. The second-order valence-electron chi connectivity index (χ2n) is 9.88. The third kappa shape index (κ3) is 6.43. The van der Waals surface area contributed by atoms with Gasteiger partial charge in [-0.3, -0.25) is 9.59 Å². The highest BCUT2D eigenvalue weighted by molar-refractivity contribution is 6.32. The van der Waals surface area contributed by atoms with Crippen LogP contribution in [0.1, 0.15) is 58.6 Å². The topological polar surface area (TPSA) is 84.9 Å². The molecule has 5 rings (SSSR count). The van der Waals surface area contributed by atoms with Crippen LogP contribution in [-0.2, 0) is 17.6 Å². The minimum absolute atomic E-state index is 0.162. The van der Waals surface area contributed by atoms with Crippen LogP contribution in [0.4, 0.5) is 0 Å². The summed E-state index contributed by atoms with van der Waals surface area (Å²) in [5.74, 6) is 0.437. The molecule has 1 heterocycles. The lowest BCUT2D eigenvalue weighted by Crippen LogP contribution is -2.25. The lowest BCUT2D eigenvalue weighted by Gasteiger charge is -2.24. The van der Waals surface area contributed by atoms with Crippen molar-refractivity contribution in [2.45, 2.75) is 44.4 Å². The van der Waals surface area contributed by atoms with Gasteiger partial charge in [0.15, 0.2) is 0 Å². The number of fused-ring (bicyclic) bond motifs is 1. The number of rotatable bonds is 10. The third-order valence-electron chi connectivity index (χ3n) is 7.11. The zero-order valence-electron chi connectivity index (χ0n) is 20.8. The molecule has 1 atom stereocenters. The van der Waals surface area contributed by atoms with Gasteiger partial charge in [-0.15, -0.1) is 0 Å². The molecule has 8 heteroatoms. The van der Waals surface area contributed by atoms with Gasteiger partial charge in [-0.2, -0.15) is 0 Å². The van der Waals surface area contributed by atoms with Gasteiger partial charge in [0.25, 0.3) is 5.91 Å². The fraction of sp³-hybridized carbons (Fsp3) is 0.333. The van der Waals surface area contributed by atoms with Crippen molar-refractivity contribution in [3.63, 3.8) is 0 Å². The van der Waals surface area contributed by atoms with Crippen LogP contribution >= 0.6 is 23.2 Å². The summed E-state index contributed by atoms with van der Waals surface area (Å²) in [5, 5.41) is 13.5. The zero-order chi connectivity index (χ0) is 26.6. The molecule has 1 aliphatic carbocycles. The number of amides is 1. The maximum absolute atomic E-state index is 12.7. The van der Waals surface area contributed by atoms with Gasteiger partial charge in [0.1, 0.15) is 17.2 Å². The van der Waals surface area contributed by atoms with Crippen LogP contribution in [-0.4, -0.2) is 30.1 Å². The molecule has 2 N–H and O–H groups in total. The first-order chi connectivity index (χ1) is 18.4. The Labute approximate surface area is 231 Å². The summed E-state index contributed by atoms with van der Waals surface area (Å²) in [5.41, 5.74) is 3.55. The zero-order valence-corrected chi connectivity index (χ0v) is 22.4. The number of benzene rings is 3. The van der Waals surface area contributed by atoms with Crippen molar-refractivity contribution in [1.82, 2.24) is 5.32 Å². The Morgan fingerprint density at radius 3 is 2.50 bits per heavy atom. The molecule has 1 saturated carbocycles. The average molecular weight is 554 g/mol. The van der Waals surface area contributed by atoms with Crippen LogP contribution < -0.4 is 14.8 Å². The molecule has 1 aliphatic heterocycles. The SMILES string of the molecule is O=C(NCCc1ccc(Cl)cc1CCC1CC1)c1ccc(Oc2cc3c(cc2Cl)C(C(=O)O)CCO3)cc1. The first-order valence-electron chi connectivity index (χ1n) is 12.9. The minimum atomic E-state index is -0.907. The molecule has 0 spiro atoms. The molecule has 0 aromatic heterocycles. The predicted octanol–water partition coefficient (Wildman–Crippen LogP) is 7.05. The number of halogens is 2. The smallest absolute Gasteiger partial charge is 0.311 e. The van der Waals surface area contributed by atoms with E-state index in [4.69, 9.17) is 32.7 Å². The number of ether oxygens (including phenoxy) is 2. The van der Waals surface area contributed by atoms with Gasteiger partial charge >= 0.3 is 5.97 Å². The van der Waals surface area contributed by atoms with Crippen LogP contribution in [0, 0.1) is 5.92 Å². The molecule has 38 heavy (non-hydrogen) atoms. The molecule has 1 amide bonds. The van der Waals surface area contributed by atoms with Crippen LogP contribution in [0.25, 0.3) is 0 Å². The number of carboxylic acid groups (broad SMARTS) is 1. The fourth-order valence-corrected chi connectivity index (χ4v) is 5.18.